The minimum Gasteiger partial charge on any atom is -0.496 e. The predicted octanol–water partition coefficient (Wildman–Crippen LogP) is 1.90. The van der Waals surface area contributed by atoms with Gasteiger partial charge in [-0.15, -0.1) is 0 Å². The van der Waals surface area contributed by atoms with Crippen molar-refractivity contribution in [3.63, 3.8) is 0 Å². The average Bonchev–Trinajstić information content (AvgIpc) is 2.48. The van der Waals surface area contributed by atoms with Gasteiger partial charge in [0.2, 0.25) is 5.88 Å². The van der Waals surface area contributed by atoms with E-state index < -0.39 is 0 Å². The van der Waals surface area contributed by atoms with Crippen molar-refractivity contribution in [1.29, 1.82) is 0 Å². The van der Waals surface area contributed by atoms with Crippen molar-refractivity contribution in [1.82, 2.24) is 4.98 Å². The van der Waals surface area contributed by atoms with E-state index in [0.29, 0.717) is 29.7 Å². The fourth-order valence-corrected chi connectivity index (χ4v) is 1.28. The molecule has 0 saturated heterocycles. The Balaban J connectivity index is 0.000000204. The van der Waals surface area contributed by atoms with Gasteiger partial charge in [-0.2, -0.15) is 4.98 Å². The number of hydrogen-bond donors (Lipinski definition) is 1. The number of pyridine rings is 1. The molecule has 0 bridgehead atoms. The van der Waals surface area contributed by atoms with Crippen LogP contribution in [0.15, 0.2) is 42.5 Å². The molecule has 1 aromatic carbocycles. The molecule has 0 saturated carbocycles. The molecule has 0 aliphatic rings. The van der Waals surface area contributed by atoms with Gasteiger partial charge in [0.25, 0.3) is 6.47 Å². The van der Waals surface area contributed by atoms with Gasteiger partial charge < -0.3 is 19.9 Å². The van der Waals surface area contributed by atoms with Gasteiger partial charge in [-0.25, -0.2) is 0 Å². The van der Waals surface area contributed by atoms with Crippen molar-refractivity contribution in [3.8, 4) is 17.4 Å². The van der Waals surface area contributed by atoms with E-state index in [4.69, 9.17) is 15.2 Å². The second-order valence-electron chi connectivity index (χ2n) is 3.50. The fourth-order valence-electron chi connectivity index (χ4n) is 1.28. The van der Waals surface area contributed by atoms with Crippen LogP contribution in [0.1, 0.15) is 0 Å². The first-order valence-electron chi connectivity index (χ1n) is 5.70. The van der Waals surface area contributed by atoms with Crippen LogP contribution in [0, 0.1) is 0 Å². The van der Waals surface area contributed by atoms with Crippen LogP contribution in [0.5, 0.6) is 17.4 Å². The van der Waals surface area contributed by atoms with E-state index in [9.17, 15) is 4.79 Å². The van der Waals surface area contributed by atoms with E-state index >= 15 is 0 Å². The summed E-state index contributed by atoms with van der Waals surface area (Å²) in [5.41, 5.74) is 5.44. The number of nitrogen functional groups attached to an aromatic ring is 1. The highest BCUT2D eigenvalue weighted by molar-refractivity contribution is 5.44. The summed E-state index contributed by atoms with van der Waals surface area (Å²) in [5, 5.41) is 0. The number of carbonyl (C=O) groups is 1. The lowest BCUT2D eigenvalue weighted by Gasteiger charge is -2.03. The molecule has 1 aromatic heterocycles. The second kappa shape index (κ2) is 8.36. The molecule has 0 amide bonds. The third-order valence-electron chi connectivity index (χ3n) is 2.17. The van der Waals surface area contributed by atoms with Crippen LogP contribution in [0.3, 0.4) is 0 Å². The van der Waals surface area contributed by atoms with Crippen molar-refractivity contribution in [2.45, 2.75) is 0 Å². The molecule has 2 rings (SSSR count). The van der Waals surface area contributed by atoms with Gasteiger partial charge in [0, 0.05) is 12.1 Å². The number of para-hydroxylation sites is 1. The molecule has 0 aliphatic carbocycles. The minimum absolute atomic E-state index is 0.390. The zero-order chi connectivity index (χ0) is 14.8. The number of nitrogens with two attached hydrogens (primary N) is 1. The van der Waals surface area contributed by atoms with Gasteiger partial charge in [-0.1, -0.05) is 18.2 Å². The van der Waals surface area contributed by atoms with E-state index in [1.54, 1.807) is 43.5 Å². The fraction of sp³-hybridized carbons (Fsp3) is 0.143. The van der Waals surface area contributed by atoms with Crippen LogP contribution < -0.4 is 19.9 Å². The molecule has 2 N–H and O–H groups in total. The molecule has 6 heteroatoms. The number of carbonyl (C=O) groups excluding carboxylic acids is 1. The van der Waals surface area contributed by atoms with E-state index in [0.717, 1.165) is 0 Å². The maximum absolute atomic E-state index is 9.75. The van der Waals surface area contributed by atoms with E-state index in [1.165, 1.54) is 7.11 Å². The third-order valence-corrected chi connectivity index (χ3v) is 2.17. The lowest BCUT2D eigenvalue weighted by Crippen LogP contribution is -1.95. The Morgan fingerprint density at radius 2 is 1.75 bits per heavy atom. The Morgan fingerprint density at radius 3 is 2.30 bits per heavy atom. The zero-order valence-electron chi connectivity index (χ0n) is 11.3. The van der Waals surface area contributed by atoms with Gasteiger partial charge >= 0.3 is 0 Å². The molecule has 0 fully saturated rings. The standard InChI is InChI=1S/C7H10N2O2.C7H6O2/c1-10-5-3-6(8)9-7(4-5)11-2;8-6-9-7-4-2-1-3-5-7/h3-4H,1-2H3,(H2,8,9);1-6H. The van der Waals surface area contributed by atoms with Gasteiger partial charge in [-0.05, 0) is 12.1 Å². The Kier molecular flexibility index (Phi) is 6.40. The molecule has 0 atom stereocenters. The topological polar surface area (TPSA) is 83.7 Å². The van der Waals surface area contributed by atoms with Gasteiger partial charge in [0.15, 0.2) is 0 Å². The van der Waals surface area contributed by atoms with Crippen LogP contribution in [-0.4, -0.2) is 25.7 Å². The Hall–Kier alpha value is -2.76. The van der Waals surface area contributed by atoms with Gasteiger partial charge in [0.05, 0.1) is 14.2 Å². The molecular formula is C14H16N2O4. The summed E-state index contributed by atoms with van der Waals surface area (Å²) in [6, 6.07) is 12.2. The molecular weight excluding hydrogens is 260 g/mol. The first-order chi connectivity index (χ1) is 9.69. The van der Waals surface area contributed by atoms with Crippen LogP contribution in [0.4, 0.5) is 5.82 Å². The van der Waals surface area contributed by atoms with Crippen LogP contribution in [0.2, 0.25) is 0 Å². The highest BCUT2D eigenvalue weighted by atomic mass is 16.5. The quantitative estimate of drug-likeness (QED) is 0.859. The van der Waals surface area contributed by atoms with Crippen LogP contribution in [0.25, 0.3) is 0 Å². The van der Waals surface area contributed by atoms with Crippen molar-refractivity contribution >= 4 is 12.3 Å². The number of ether oxygens (including phenoxy) is 3. The smallest absolute Gasteiger partial charge is 0.298 e. The molecule has 0 spiro atoms. The molecule has 20 heavy (non-hydrogen) atoms. The monoisotopic (exact) mass is 276 g/mol. The maximum atomic E-state index is 9.75. The molecule has 0 aliphatic heterocycles. The third kappa shape index (κ3) is 5.26. The number of methoxy groups -OCH3 is 2. The summed E-state index contributed by atoms with van der Waals surface area (Å²) < 4.78 is 14.3. The minimum atomic E-state index is 0.390. The number of anilines is 1. The maximum Gasteiger partial charge on any atom is 0.298 e. The SMILES string of the molecule is COc1cc(N)nc(OC)c1.O=COc1ccccc1. The average molecular weight is 276 g/mol. The first-order valence-corrected chi connectivity index (χ1v) is 5.70. The van der Waals surface area contributed by atoms with Crippen molar-refractivity contribution < 1.29 is 19.0 Å². The van der Waals surface area contributed by atoms with Crippen molar-refractivity contribution in [2.24, 2.45) is 0 Å². The first kappa shape index (κ1) is 15.3. The molecule has 106 valence electrons. The largest absolute Gasteiger partial charge is 0.496 e. The van der Waals surface area contributed by atoms with Crippen LogP contribution in [-0.2, 0) is 4.79 Å². The molecule has 1 heterocycles. The predicted molar refractivity (Wildman–Crippen MR) is 74.9 cm³/mol. The Morgan fingerprint density at radius 1 is 1.05 bits per heavy atom. The lowest BCUT2D eigenvalue weighted by molar-refractivity contribution is -0.120. The zero-order valence-corrected chi connectivity index (χ0v) is 11.3. The summed E-state index contributed by atoms with van der Waals surface area (Å²) in [6.45, 7) is 0.412. The number of aromatic nitrogens is 1. The van der Waals surface area contributed by atoms with E-state index in [-0.39, 0.29) is 0 Å². The molecule has 6 nitrogen and oxygen atoms in total. The van der Waals surface area contributed by atoms with Crippen LogP contribution >= 0.6 is 0 Å². The summed E-state index contributed by atoms with van der Waals surface area (Å²) in [4.78, 5) is 13.6. The second-order valence-corrected chi connectivity index (χ2v) is 3.50. The highest BCUT2D eigenvalue weighted by Crippen LogP contribution is 2.19. The highest BCUT2D eigenvalue weighted by Gasteiger charge is 1.98. The van der Waals surface area contributed by atoms with Crippen molar-refractivity contribution in [3.05, 3.63) is 42.5 Å². The lowest BCUT2D eigenvalue weighted by atomic mass is 10.3. The summed E-state index contributed by atoms with van der Waals surface area (Å²) in [6.07, 6.45) is 0. The number of benzene rings is 1. The Labute approximate surface area is 117 Å². The molecule has 0 unspecified atom stereocenters. The summed E-state index contributed by atoms with van der Waals surface area (Å²) >= 11 is 0. The van der Waals surface area contributed by atoms with E-state index in [1.807, 2.05) is 6.07 Å². The van der Waals surface area contributed by atoms with Gasteiger partial charge in [0.1, 0.15) is 17.3 Å². The summed E-state index contributed by atoms with van der Waals surface area (Å²) in [5.74, 6) is 2.07. The molecule has 0 radical (unpaired) electrons. The van der Waals surface area contributed by atoms with Gasteiger partial charge in [-0.3, -0.25) is 4.79 Å². The normalized spacial score (nSPS) is 8.90. The number of nitrogens with zero attached hydrogens (tertiary/aromatic N) is 1. The molecule has 2 aromatic rings. The number of rotatable bonds is 4. The number of hydrogen-bond acceptors (Lipinski definition) is 6. The Bertz CT molecular complexity index is 510. The van der Waals surface area contributed by atoms with E-state index in [2.05, 4.69) is 9.72 Å². The van der Waals surface area contributed by atoms with Crippen molar-refractivity contribution in [2.75, 3.05) is 20.0 Å². The summed E-state index contributed by atoms with van der Waals surface area (Å²) in [7, 11) is 3.09.